The van der Waals surface area contributed by atoms with E-state index in [9.17, 15) is 14.3 Å². The number of aromatic amines is 1. The third-order valence-electron chi connectivity index (χ3n) is 2.15. The Balaban J connectivity index is 2.68. The molecule has 0 atom stereocenters. The number of aromatic nitrogens is 1. The molecular weight excluding hydrogens is 277 g/mol. The molecule has 0 fully saturated rings. The Hall–Kier alpha value is -1.62. The number of pyridine rings is 1. The van der Waals surface area contributed by atoms with E-state index in [2.05, 4.69) is 20.9 Å². The van der Waals surface area contributed by atoms with Gasteiger partial charge in [-0.2, -0.15) is 0 Å². The molecule has 0 aliphatic rings. The molecule has 0 aliphatic heterocycles. The Morgan fingerprint density at radius 2 is 1.88 bits per heavy atom. The van der Waals surface area contributed by atoms with Crippen LogP contribution in [0.1, 0.15) is 0 Å². The van der Waals surface area contributed by atoms with Crippen molar-refractivity contribution in [2.24, 2.45) is 0 Å². The predicted octanol–water partition coefficient (Wildman–Crippen LogP) is 2.65. The molecule has 16 heavy (non-hydrogen) atoms. The molecule has 0 amide bonds. The summed E-state index contributed by atoms with van der Waals surface area (Å²) < 4.78 is 13.3. The van der Waals surface area contributed by atoms with Gasteiger partial charge in [0, 0.05) is 16.2 Å². The number of hydrogen-bond acceptors (Lipinski definition) is 2. The van der Waals surface area contributed by atoms with Crippen LogP contribution < -0.4 is 5.56 Å². The minimum absolute atomic E-state index is 0.351. The van der Waals surface area contributed by atoms with E-state index in [1.54, 1.807) is 0 Å². The van der Waals surface area contributed by atoms with Crippen molar-refractivity contribution in [3.05, 3.63) is 51.1 Å². The zero-order valence-corrected chi connectivity index (χ0v) is 9.58. The van der Waals surface area contributed by atoms with E-state index < -0.39 is 5.56 Å². The number of nitrogens with one attached hydrogen (secondary N) is 1. The minimum Gasteiger partial charge on any atom is -0.503 e. The summed E-state index contributed by atoms with van der Waals surface area (Å²) in [6.07, 6.45) is 1.43. The average molecular weight is 284 g/mol. The van der Waals surface area contributed by atoms with Gasteiger partial charge in [-0.3, -0.25) is 4.79 Å². The van der Waals surface area contributed by atoms with E-state index in [1.165, 1.54) is 30.5 Å². The van der Waals surface area contributed by atoms with E-state index >= 15 is 0 Å². The van der Waals surface area contributed by atoms with E-state index in [4.69, 9.17) is 0 Å². The monoisotopic (exact) mass is 283 g/mol. The van der Waals surface area contributed by atoms with Crippen LogP contribution in [-0.2, 0) is 0 Å². The summed E-state index contributed by atoms with van der Waals surface area (Å²) in [6, 6.07) is 5.52. The fourth-order valence-corrected chi connectivity index (χ4v) is 1.92. The highest BCUT2D eigenvalue weighted by Gasteiger charge is 2.12. The second kappa shape index (κ2) is 4.09. The molecule has 0 bridgehead atoms. The van der Waals surface area contributed by atoms with Gasteiger partial charge in [0.2, 0.25) is 0 Å². The zero-order valence-electron chi connectivity index (χ0n) is 8.00. The Kier molecular flexibility index (Phi) is 2.78. The number of halogens is 2. The number of H-pyrrole nitrogens is 1. The molecule has 1 aromatic heterocycles. The second-order valence-corrected chi connectivity index (χ2v) is 4.05. The van der Waals surface area contributed by atoms with Gasteiger partial charge in [-0.05, 0) is 33.6 Å². The molecule has 0 spiro atoms. The molecule has 1 heterocycles. The Bertz CT molecular complexity index is 578. The summed E-state index contributed by atoms with van der Waals surface area (Å²) in [5.74, 6) is -0.759. The van der Waals surface area contributed by atoms with Crippen LogP contribution in [0.2, 0.25) is 0 Å². The Morgan fingerprint density at radius 3 is 2.50 bits per heavy atom. The predicted molar refractivity (Wildman–Crippen MR) is 61.8 cm³/mol. The molecule has 2 rings (SSSR count). The lowest BCUT2D eigenvalue weighted by Gasteiger charge is -2.06. The molecule has 5 heteroatoms. The van der Waals surface area contributed by atoms with Crippen molar-refractivity contribution >= 4 is 15.9 Å². The van der Waals surface area contributed by atoms with Crippen molar-refractivity contribution in [1.29, 1.82) is 0 Å². The highest BCUT2D eigenvalue weighted by molar-refractivity contribution is 9.10. The number of benzene rings is 1. The fourth-order valence-electron chi connectivity index (χ4n) is 1.39. The molecule has 1 aromatic carbocycles. The van der Waals surface area contributed by atoms with E-state index in [-0.39, 0.29) is 11.6 Å². The molecule has 2 aromatic rings. The molecular formula is C11H7BrFNO2. The van der Waals surface area contributed by atoms with Gasteiger partial charge in [0.25, 0.3) is 5.56 Å². The van der Waals surface area contributed by atoms with Crippen LogP contribution >= 0.6 is 15.9 Å². The van der Waals surface area contributed by atoms with Gasteiger partial charge in [0.05, 0.1) is 0 Å². The topological polar surface area (TPSA) is 53.1 Å². The van der Waals surface area contributed by atoms with Crippen LogP contribution in [0.15, 0.2) is 39.7 Å². The second-order valence-electron chi connectivity index (χ2n) is 3.20. The summed E-state index contributed by atoms with van der Waals surface area (Å²) in [5.41, 5.74) is 0.336. The maximum atomic E-state index is 12.7. The van der Waals surface area contributed by atoms with Crippen LogP contribution in [0.4, 0.5) is 4.39 Å². The summed E-state index contributed by atoms with van der Waals surface area (Å²) in [4.78, 5) is 13.6. The Morgan fingerprint density at radius 1 is 1.25 bits per heavy atom. The highest BCUT2D eigenvalue weighted by atomic mass is 79.9. The maximum Gasteiger partial charge on any atom is 0.290 e. The maximum absolute atomic E-state index is 12.7. The van der Waals surface area contributed by atoms with Gasteiger partial charge in [0.15, 0.2) is 5.75 Å². The first-order valence-electron chi connectivity index (χ1n) is 4.45. The first kappa shape index (κ1) is 10.9. The minimum atomic E-state index is -0.581. The number of hydrogen-bond donors (Lipinski definition) is 2. The average Bonchev–Trinajstić information content (AvgIpc) is 2.27. The first-order valence-corrected chi connectivity index (χ1v) is 5.25. The van der Waals surface area contributed by atoms with E-state index in [0.717, 1.165) is 0 Å². The molecule has 3 nitrogen and oxygen atoms in total. The largest absolute Gasteiger partial charge is 0.503 e. The Labute approximate surface area is 98.7 Å². The smallest absolute Gasteiger partial charge is 0.290 e. The standard InChI is InChI=1S/C11H7BrFNO2/c12-8-5-14-11(16)10(15)9(8)6-1-3-7(13)4-2-6/h1-5,15H,(H,14,16). The molecule has 0 aliphatic carbocycles. The molecule has 0 saturated heterocycles. The zero-order chi connectivity index (χ0) is 11.7. The molecule has 82 valence electrons. The quantitative estimate of drug-likeness (QED) is 0.845. The molecule has 0 saturated carbocycles. The molecule has 0 unspecified atom stereocenters. The third kappa shape index (κ3) is 1.86. The van der Waals surface area contributed by atoms with Crippen LogP contribution in [0.25, 0.3) is 11.1 Å². The van der Waals surface area contributed by atoms with Gasteiger partial charge < -0.3 is 10.1 Å². The van der Waals surface area contributed by atoms with Crippen LogP contribution in [0.3, 0.4) is 0 Å². The van der Waals surface area contributed by atoms with Crippen molar-refractivity contribution in [3.8, 4) is 16.9 Å². The molecule has 2 N–H and O–H groups in total. The van der Waals surface area contributed by atoms with E-state index in [0.29, 0.717) is 15.6 Å². The van der Waals surface area contributed by atoms with Gasteiger partial charge >= 0.3 is 0 Å². The summed E-state index contributed by atoms with van der Waals surface area (Å²) in [5, 5.41) is 9.63. The van der Waals surface area contributed by atoms with E-state index in [1.807, 2.05) is 0 Å². The van der Waals surface area contributed by atoms with Crippen LogP contribution in [-0.4, -0.2) is 10.1 Å². The summed E-state index contributed by atoms with van der Waals surface area (Å²) in [7, 11) is 0. The fraction of sp³-hybridized carbons (Fsp3) is 0. The van der Waals surface area contributed by atoms with Crippen molar-refractivity contribution in [1.82, 2.24) is 4.98 Å². The van der Waals surface area contributed by atoms with Crippen molar-refractivity contribution in [2.45, 2.75) is 0 Å². The summed E-state index contributed by atoms with van der Waals surface area (Å²) >= 11 is 3.21. The summed E-state index contributed by atoms with van der Waals surface area (Å²) in [6.45, 7) is 0. The number of aromatic hydroxyl groups is 1. The normalized spacial score (nSPS) is 10.4. The first-order chi connectivity index (χ1) is 7.59. The lowest BCUT2D eigenvalue weighted by Crippen LogP contribution is -2.05. The number of rotatable bonds is 1. The van der Waals surface area contributed by atoms with Crippen molar-refractivity contribution < 1.29 is 9.50 Å². The van der Waals surface area contributed by atoms with Crippen molar-refractivity contribution in [2.75, 3.05) is 0 Å². The van der Waals surface area contributed by atoms with Gasteiger partial charge in [0.1, 0.15) is 5.82 Å². The van der Waals surface area contributed by atoms with Gasteiger partial charge in [-0.25, -0.2) is 4.39 Å². The molecule has 0 radical (unpaired) electrons. The highest BCUT2D eigenvalue weighted by Crippen LogP contribution is 2.32. The van der Waals surface area contributed by atoms with Crippen LogP contribution in [0, 0.1) is 5.82 Å². The lowest BCUT2D eigenvalue weighted by atomic mass is 10.1. The van der Waals surface area contributed by atoms with Gasteiger partial charge in [-0.15, -0.1) is 0 Å². The lowest BCUT2D eigenvalue weighted by molar-refractivity contribution is 0.468. The van der Waals surface area contributed by atoms with Crippen molar-refractivity contribution in [3.63, 3.8) is 0 Å². The van der Waals surface area contributed by atoms with Crippen LogP contribution in [0.5, 0.6) is 5.75 Å². The third-order valence-corrected chi connectivity index (χ3v) is 2.78. The van der Waals surface area contributed by atoms with Gasteiger partial charge in [-0.1, -0.05) is 12.1 Å². The SMILES string of the molecule is O=c1[nH]cc(Br)c(-c2ccc(F)cc2)c1O.